The van der Waals surface area contributed by atoms with Crippen LogP contribution in [0.4, 0.5) is 9.59 Å². The normalized spacial score (nSPS) is 23.7. The second-order valence-corrected chi connectivity index (χ2v) is 14.4. The number of aryl methyl sites for hydroxylation is 1. The molecule has 3 amide bonds. The fourth-order valence-electron chi connectivity index (χ4n) is 6.60. The van der Waals surface area contributed by atoms with E-state index in [9.17, 15) is 14.4 Å². The van der Waals surface area contributed by atoms with Gasteiger partial charge in [0.25, 0.3) is 0 Å². The first kappa shape index (κ1) is 30.9. The van der Waals surface area contributed by atoms with Gasteiger partial charge in [0.2, 0.25) is 5.91 Å². The number of carbonyl (C=O) groups is 3. The second-order valence-electron chi connectivity index (χ2n) is 14.4. The molecule has 43 heavy (non-hydrogen) atoms. The van der Waals surface area contributed by atoms with Gasteiger partial charge in [-0.05, 0) is 108 Å². The Hall–Kier alpha value is -3.55. The Labute approximate surface area is 256 Å². The van der Waals surface area contributed by atoms with Gasteiger partial charge in [-0.3, -0.25) is 9.69 Å². The third kappa shape index (κ3) is 7.16. The Bertz CT molecular complexity index is 1370. The van der Waals surface area contributed by atoms with Crippen LogP contribution in [0.5, 0.6) is 0 Å². The van der Waals surface area contributed by atoms with Gasteiger partial charge in [-0.25, -0.2) is 9.59 Å². The van der Waals surface area contributed by atoms with Gasteiger partial charge in [0, 0.05) is 25.0 Å². The number of rotatable bonds is 3. The number of nitrogens with one attached hydrogen (secondary N) is 1. The highest BCUT2D eigenvalue weighted by molar-refractivity contribution is 5.87. The SMILES string of the molecule is C[C@H]1Cc2ccc(C3C[C@H](C(=O)N[C@@H]4CCCc5ccccc54)N(C(=O)OC(C)(C)C)C3)cc2CN1C(=O)OC(C)(C)C. The maximum Gasteiger partial charge on any atom is 0.410 e. The summed E-state index contributed by atoms with van der Waals surface area (Å²) in [6, 6.07) is 14.0. The molecule has 1 N–H and O–H groups in total. The smallest absolute Gasteiger partial charge is 0.410 e. The fraction of sp³-hybridized carbons (Fsp3) is 0.571. The van der Waals surface area contributed by atoms with Gasteiger partial charge < -0.3 is 19.7 Å². The molecule has 8 nitrogen and oxygen atoms in total. The number of ether oxygens (including phenoxy) is 2. The van der Waals surface area contributed by atoms with Crippen LogP contribution in [0.25, 0.3) is 0 Å². The van der Waals surface area contributed by atoms with Crippen LogP contribution in [-0.4, -0.2) is 57.7 Å². The Morgan fingerprint density at radius 3 is 2.23 bits per heavy atom. The predicted molar refractivity (Wildman–Crippen MR) is 166 cm³/mol. The van der Waals surface area contributed by atoms with Crippen molar-refractivity contribution in [2.24, 2.45) is 0 Å². The fourth-order valence-corrected chi connectivity index (χ4v) is 6.60. The molecule has 1 saturated heterocycles. The third-order valence-electron chi connectivity index (χ3n) is 8.64. The van der Waals surface area contributed by atoms with Gasteiger partial charge in [-0.2, -0.15) is 0 Å². The highest BCUT2D eigenvalue weighted by Crippen LogP contribution is 2.37. The Kier molecular flexibility index (Phi) is 8.52. The van der Waals surface area contributed by atoms with E-state index in [0.29, 0.717) is 19.5 Å². The zero-order valence-corrected chi connectivity index (χ0v) is 26.7. The van der Waals surface area contributed by atoms with Crippen LogP contribution in [0, 0.1) is 0 Å². The maximum absolute atomic E-state index is 13.9. The Morgan fingerprint density at radius 2 is 1.53 bits per heavy atom. The van der Waals surface area contributed by atoms with Gasteiger partial charge in [-0.15, -0.1) is 0 Å². The zero-order chi connectivity index (χ0) is 31.1. The molecule has 0 aromatic heterocycles. The van der Waals surface area contributed by atoms with Crippen LogP contribution in [0.3, 0.4) is 0 Å². The summed E-state index contributed by atoms with van der Waals surface area (Å²) in [6.45, 7) is 14.1. The number of likely N-dealkylation sites (tertiary alicyclic amines) is 1. The molecular formula is C35H47N3O5. The highest BCUT2D eigenvalue weighted by atomic mass is 16.6. The topological polar surface area (TPSA) is 88.2 Å². The van der Waals surface area contributed by atoms with E-state index in [4.69, 9.17) is 9.47 Å². The van der Waals surface area contributed by atoms with Gasteiger partial charge in [-0.1, -0.05) is 42.5 Å². The zero-order valence-electron chi connectivity index (χ0n) is 26.7. The average molecular weight is 590 g/mol. The molecule has 232 valence electrons. The van der Waals surface area contributed by atoms with Crippen LogP contribution < -0.4 is 5.32 Å². The minimum absolute atomic E-state index is 0.0281. The first-order valence-electron chi connectivity index (χ1n) is 15.7. The Morgan fingerprint density at radius 1 is 0.860 bits per heavy atom. The van der Waals surface area contributed by atoms with Crippen LogP contribution in [0.1, 0.15) is 108 Å². The minimum Gasteiger partial charge on any atom is -0.444 e. The van der Waals surface area contributed by atoms with E-state index < -0.39 is 23.3 Å². The number of hydrogen-bond acceptors (Lipinski definition) is 5. The van der Waals surface area contributed by atoms with Crippen molar-refractivity contribution in [1.29, 1.82) is 0 Å². The second kappa shape index (κ2) is 11.9. The van der Waals surface area contributed by atoms with Crippen molar-refractivity contribution in [3.8, 4) is 0 Å². The summed E-state index contributed by atoms with van der Waals surface area (Å²) < 4.78 is 11.4. The van der Waals surface area contributed by atoms with Crippen molar-refractivity contribution in [3.05, 3.63) is 70.3 Å². The van der Waals surface area contributed by atoms with Gasteiger partial charge in [0.15, 0.2) is 0 Å². The summed E-state index contributed by atoms with van der Waals surface area (Å²) in [5, 5.41) is 3.28. The lowest BCUT2D eigenvalue weighted by molar-refractivity contribution is -0.126. The molecule has 0 saturated carbocycles. The number of amides is 3. The largest absolute Gasteiger partial charge is 0.444 e. The van der Waals surface area contributed by atoms with Gasteiger partial charge in [0.1, 0.15) is 17.2 Å². The van der Waals surface area contributed by atoms with Crippen molar-refractivity contribution >= 4 is 18.1 Å². The van der Waals surface area contributed by atoms with Crippen molar-refractivity contribution in [3.63, 3.8) is 0 Å². The van der Waals surface area contributed by atoms with E-state index in [1.54, 1.807) is 9.80 Å². The summed E-state index contributed by atoms with van der Waals surface area (Å²) in [5.41, 5.74) is 4.55. The monoisotopic (exact) mass is 589 g/mol. The van der Waals surface area contributed by atoms with E-state index in [0.717, 1.165) is 36.8 Å². The molecule has 0 spiro atoms. The van der Waals surface area contributed by atoms with Gasteiger partial charge >= 0.3 is 12.2 Å². The number of hydrogen-bond donors (Lipinski definition) is 1. The van der Waals surface area contributed by atoms with E-state index in [2.05, 4.69) is 35.6 Å². The predicted octanol–water partition coefficient (Wildman–Crippen LogP) is 6.66. The molecular weight excluding hydrogens is 542 g/mol. The van der Waals surface area contributed by atoms with E-state index in [-0.39, 0.29) is 30.0 Å². The lowest BCUT2D eigenvalue weighted by Crippen LogP contribution is -2.48. The van der Waals surface area contributed by atoms with Crippen molar-refractivity contribution in [1.82, 2.24) is 15.1 Å². The summed E-state index contributed by atoms with van der Waals surface area (Å²) in [4.78, 5) is 43.6. The molecule has 5 rings (SSSR count). The molecule has 2 heterocycles. The van der Waals surface area contributed by atoms with Crippen molar-refractivity contribution < 1.29 is 23.9 Å². The number of benzene rings is 2. The van der Waals surface area contributed by atoms with Gasteiger partial charge in [0.05, 0.1) is 6.04 Å². The molecule has 0 bridgehead atoms. The molecule has 3 aliphatic rings. The molecule has 0 radical (unpaired) electrons. The maximum atomic E-state index is 13.9. The lowest BCUT2D eigenvalue weighted by Gasteiger charge is -2.36. The molecule has 2 aromatic rings. The van der Waals surface area contributed by atoms with Crippen LogP contribution >= 0.6 is 0 Å². The summed E-state index contributed by atoms with van der Waals surface area (Å²) in [7, 11) is 0. The van der Waals surface area contributed by atoms with Crippen molar-refractivity contribution in [2.45, 2.75) is 122 Å². The number of nitrogens with zero attached hydrogens (tertiary/aromatic N) is 2. The average Bonchev–Trinajstić information content (AvgIpc) is 3.37. The summed E-state index contributed by atoms with van der Waals surface area (Å²) >= 11 is 0. The minimum atomic E-state index is -0.674. The summed E-state index contributed by atoms with van der Waals surface area (Å²) in [6.07, 6.45) is 3.38. The standard InChI is InChI=1S/C35H47N3O5/c1-22-17-24-15-16-25(18-26(24)20-37(22)32(40)42-34(2,3)4)27-19-30(38(21-27)33(41)43-35(5,6)7)31(39)36-29-14-10-12-23-11-8-9-13-28(23)29/h8-9,11,13,15-16,18,22,27,29-30H,10,12,14,17,19-21H2,1-7H3,(H,36,39)/t22-,27?,29+,30+/m0/s1. The molecule has 8 heteroatoms. The first-order chi connectivity index (χ1) is 20.2. The highest BCUT2D eigenvalue weighted by Gasteiger charge is 2.43. The Balaban J connectivity index is 1.37. The van der Waals surface area contributed by atoms with Crippen LogP contribution in [0.2, 0.25) is 0 Å². The van der Waals surface area contributed by atoms with Crippen LogP contribution in [0.15, 0.2) is 42.5 Å². The van der Waals surface area contributed by atoms with E-state index in [1.807, 2.05) is 60.6 Å². The van der Waals surface area contributed by atoms with E-state index >= 15 is 0 Å². The van der Waals surface area contributed by atoms with Crippen LogP contribution in [-0.2, 0) is 33.7 Å². The molecule has 1 unspecified atom stereocenters. The molecule has 2 aliphatic heterocycles. The molecule has 1 fully saturated rings. The summed E-state index contributed by atoms with van der Waals surface area (Å²) in [5.74, 6) is -0.181. The van der Waals surface area contributed by atoms with Crippen molar-refractivity contribution in [2.75, 3.05) is 6.54 Å². The molecule has 2 aromatic carbocycles. The first-order valence-corrected chi connectivity index (χ1v) is 15.7. The quantitative estimate of drug-likeness (QED) is 0.433. The molecule has 1 aliphatic carbocycles. The number of fused-ring (bicyclic) bond motifs is 2. The number of carbonyl (C=O) groups excluding carboxylic acids is 3. The molecule has 4 atom stereocenters. The lowest BCUT2D eigenvalue weighted by atomic mass is 9.87. The van der Waals surface area contributed by atoms with E-state index in [1.165, 1.54) is 16.7 Å². The third-order valence-corrected chi connectivity index (χ3v) is 8.64.